The number of aromatic nitrogens is 2. The topological polar surface area (TPSA) is 61.5 Å². The van der Waals surface area contributed by atoms with Crippen LogP contribution in [0.2, 0.25) is 0 Å². The lowest BCUT2D eigenvalue weighted by Gasteiger charge is -2.43. The summed E-state index contributed by atoms with van der Waals surface area (Å²) in [6.07, 6.45) is 7.41. The van der Waals surface area contributed by atoms with Gasteiger partial charge in [-0.15, -0.1) is 0 Å². The Morgan fingerprint density at radius 1 is 1.19 bits per heavy atom. The number of hydrogen-bond acceptors (Lipinski definition) is 4. The van der Waals surface area contributed by atoms with E-state index in [1.165, 1.54) is 12.8 Å². The van der Waals surface area contributed by atoms with Crippen molar-refractivity contribution < 1.29 is 9.53 Å². The maximum absolute atomic E-state index is 13.1. The molecule has 2 saturated heterocycles. The lowest BCUT2D eigenvalue weighted by atomic mass is 9.96. The molecule has 2 aliphatic rings. The molecular formula is C21H28N4O2. The minimum Gasteiger partial charge on any atom is -0.373 e. The average Bonchev–Trinajstić information content (AvgIpc) is 3.41. The summed E-state index contributed by atoms with van der Waals surface area (Å²) in [5.41, 5.74) is 2.24. The zero-order valence-electron chi connectivity index (χ0n) is 15.7. The molecule has 0 bridgehead atoms. The molecule has 0 aliphatic carbocycles. The molecule has 0 spiro atoms. The third-order valence-corrected chi connectivity index (χ3v) is 5.63. The van der Waals surface area contributed by atoms with Gasteiger partial charge >= 0.3 is 0 Å². The van der Waals surface area contributed by atoms with E-state index in [2.05, 4.69) is 27.2 Å². The minimum absolute atomic E-state index is 0.0163. The average molecular weight is 368 g/mol. The molecule has 2 fully saturated rings. The number of carbonyl (C=O) groups is 1. The molecule has 27 heavy (non-hydrogen) atoms. The van der Waals surface area contributed by atoms with E-state index < -0.39 is 0 Å². The van der Waals surface area contributed by atoms with Gasteiger partial charge in [0.15, 0.2) is 0 Å². The van der Waals surface area contributed by atoms with Crippen molar-refractivity contribution in [3.05, 3.63) is 53.9 Å². The third kappa shape index (κ3) is 4.39. The number of amides is 1. The van der Waals surface area contributed by atoms with Crippen LogP contribution < -0.4 is 0 Å². The first-order chi connectivity index (χ1) is 13.3. The van der Waals surface area contributed by atoms with Crippen LogP contribution in [-0.4, -0.2) is 64.8 Å². The normalized spacial score (nSPS) is 23.6. The summed E-state index contributed by atoms with van der Waals surface area (Å²) in [6.45, 7) is 4.43. The number of morpholine rings is 1. The number of hydrogen-bond donors (Lipinski definition) is 1. The number of H-pyrrole nitrogens is 1. The van der Waals surface area contributed by atoms with Gasteiger partial charge in [0.25, 0.3) is 0 Å². The quantitative estimate of drug-likeness (QED) is 0.851. The fourth-order valence-electron chi connectivity index (χ4n) is 4.24. The maximum atomic E-state index is 13.1. The zero-order valence-corrected chi connectivity index (χ0v) is 15.7. The molecule has 144 valence electrons. The van der Waals surface area contributed by atoms with Gasteiger partial charge in [-0.2, -0.15) is 5.10 Å². The van der Waals surface area contributed by atoms with E-state index in [4.69, 9.17) is 4.74 Å². The summed E-state index contributed by atoms with van der Waals surface area (Å²) < 4.78 is 6.19. The van der Waals surface area contributed by atoms with E-state index in [0.717, 1.165) is 30.8 Å². The summed E-state index contributed by atoms with van der Waals surface area (Å²) in [7, 11) is 0. The highest BCUT2D eigenvalue weighted by molar-refractivity contribution is 5.77. The van der Waals surface area contributed by atoms with Crippen LogP contribution >= 0.6 is 0 Å². The first kappa shape index (κ1) is 18.2. The van der Waals surface area contributed by atoms with Gasteiger partial charge in [0, 0.05) is 25.7 Å². The van der Waals surface area contributed by atoms with Gasteiger partial charge < -0.3 is 14.5 Å². The molecule has 4 rings (SSSR count). The Balaban J connectivity index is 1.51. The molecular weight excluding hydrogens is 340 g/mol. The van der Waals surface area contributed by atoms with Crippen molar-refractivity contribution in [2.24, 2.45) is 0 Å². The number of benzene rings is 1. The lowest BCUT2D eigenvalue weighted by Crippen LogP contribution is -2.51. The van der Waals surface area contributed by atoms with Crippen LogP contribution in [0.3, 0.4) is 0 Å². The molecule has 1 amide bonds. The van der Waals surface area contributed by atoms with E-state index in [9.17, 15) is 4.79 Å². The van der Waals surface area contributed by atoms with Crippen LogP contribution in [0.25, 0.3) is 0 Å². The molecule has 3 heterocycles. The maximum Gasteiger partial charge on any atom is 0.223 e. The first-order valence-corrected chi connectivity index (χ1v) is 9.97. The van der Waals surface area contributed by atoms with Crippen LogP contribution in [0, 0.1) is 0 Å². The van der Waals surface area contributed by atoms with Crippen molar-refractivity contribution in [2.45, 2.75) is 37.8 Å². The summed E-state index contributed by atoms with van der Waals surface area (Å²) in [5, 5.41) is 6.78. The number of aryl methyl sites for hydroxylation is 1. The number of carbonyl (C=O) groups excluding carboxylic acids is 1. The van der Waals surface area contributed by atoms with Gasteiger partial charge in [0.1, 0.15) is 0 Å². The molecule has 0 saturated carbocycles. The SMILES string of the molecule is O=C(CCc1cn[nH]c1)N1CCO[C@@H](CN2CCCC2)[C@@H]1c1ccccc1. The number of nitrogens with one attached hydrogen (secondary N) is 1. The Morgan fingerprint density at radius 2 is 2.00 bits per heavy atom. The molecule has 2 aromatic rings. The third-order valence-electron chi connectivity index (χ3n) is 5.63. The zero-order chi connectivity index (χ0) is 18.5. The first-order valence-electron chi connectivity index (χ1n) is 9.97. The van der Waals surface area contributed by atoms with Gasteiger partial charge in [-0.25, -0.2) is 0 Å². The second kappa shape index (κ2) is 8.67. The molecule has 1 aromatic heterocycles. The van der Waals surface area contributed by atoms with Gasteiger partial charge in [-0.1, -0.05) is 30.3 Å². The van der Waals surface area contributed by atoms with Gasteiger partial charge in [-0.3, -0.25) is 9.89 Å². The molecule has 2 aliphatic heterocycles. The smallest absolute Gasteiger partial charge is 0.223 e. The monoisotopic (exact) mass is 368 g/mol. The largest absolute Gasteiger partial charge is 0.373 e. The highest BCUT2D eigenvalue weighted by atomic mass is 16.5. The highest BCUT2D eigenvalue weighted by Gasteiger charge is 2.37. The number of likely N-dealkylation sites (tertiary alicyclic amines) is 1. The van der Waals surface area contributed by atoms with Crippen LogP contribution in [0.4, 0.5) is 0 Å². The highest BCUT2D eigenvalue weighted by Crippen LogP contribution is 2.31. The van der Waals surface area contributed by atoms with E-state index in [-0.39, 0.29) is 18.1 Å². The molecule has 0 radical (unpaired) electrons. The predicted octanol–water partition coefficient (Wildman–Crippen LogP) is 2.41. The standard InChI is InChI=1S/C21H28N4O2/c26-20(9-8-17-14-22-23-15-17)25-12-13-27-19(16-24-10-4-5-11-24)21(25)18-6-2-1-3-7-18/h1-3,6-7,14-15,19,21H,4-5,8-13,16H2,(H,22,23)/t19-,21-/m0/s1. The van der Waals surface area contributed by atoms with Crippen molar-refractivity contribution in [3.8, 4) is 0 Å². The molecule has 0 unspecified atom stereocenters. The number of nitrogens with zero attached hydrogens (tertiary/aromatic N) is 3. The molecule has 2 atom stereocenters. The van der Waals surface area contributed by atoms with Crippen molar-refractivity contribution in [3.63, 3.8) is 0 Å². The number of rotatable bonds is 6. The van der Waals surface area contributed by atoms with E-state index in [1.54, 1.807) is 6.20 Å². The van der Waals surface area contributed by atoms with Crippen molar-refractivity contribution in [1.29, 1.82) is 0 Å². The van der Waals surface area contributed by atoms with Crippen LogP contribution in [0.15, 0.2) is 42.7 Å². The Kier molecular flexibility index (Phi) is 5.84. The number of ether oxygens (including phenoxy) is 1. The van der Waals surface area contributed by atoms with Crippen LogP contribution in [0.5, 0.6) is 0 Å². The summed E-state index contributed by atoms with van der Waals surface area (Å²) in [4.78, 5) is 17.6. The van der Waals surface area contributed by atoms with Crippen molar-refractivity contribution >= 4 is 5.91 Å². The molecule has 1 aromatic carbocycles. The van der Waals surface area contributed by atoms with Gasteiger partial charge in [0.2, 0.25) is 5.91 Å². The van der Waals surface area contributed by atoms with Crippen LogP contribution in [-0.2, 0) is 16.0 Å². The fourth-order valence-corrected chi connectivity index (χ4v) is 4.24. The fraction of sp³-hybridized carbons (Fsp3) is 0.524. The second-order valence-electron chi connectivity index (χ2n) is 7.47. The van der Waals surface area contributed by atoms with Crippen LogP contribution in [0.1, 0.15) is 36.4 Å². The Bertz CT molecular complexity index is 713. The molecule has 6 heteroatoms. The van der Waals surface area contributed by atoms with E-state index in [1.807, 2.05) is 29.3 Å². The number of aromatic amines is 1. The minimum atomic E-state index is -0.0163. The second-order valence-corrected chi connectivity index (χ2v) is 7.47. The lowest BCUT2D eigenvalue weighted by molar-refractivity contribution is -0.148. The predicted molar refractivity (Wildman–Crippen MR) is 103 cm³/mol. The molecule has 6 nitrogen and oxygen atoms in total. The molecule has 1 N–H and O–H groups in total. The summed E-state index contributed by atoms with van der Waals surface area (Å²) >= 11 is 0. The Morgan fingerprint density at radius 3 is 2.74 bits per heavy atom. The van der Waals surface area contributed by atoms with Crippen molar-refractivity contribution in [2.75, 3.05) is 32.8 Å². The van der Waals surface area contributed by atoms with Crippen molar-refractivity contribution in [1.82, 2.24) is 20.0 Å². The van der Waals surface area contributed by atoms with E-state index in [0.29, 0.717) is 26.0 Å². The Labute approximate surface area is 160 Å². The Hall–Kier alpha value is -2.18. The van der Waals surface area contributed by atoms with Gasteiger partial charge in [0.05, 0.1) is 24.9 Å². The van der Waals surface area contributed by atoms with Gasteiger partial charge in [-0.05, 0) is 43.5 Å². The summed E-state index contributed by atoms with van der Waals surface area (Å²) in [5.74, 6) is 0.194. The van der Waals surface area contributed by atoms with E-state index >= 15 is 0 Å². The summed E-state index contributed by atoms with van der Waals surface area (Å²) in [6, 6.07) is 10.3.